The summed E-state index contributed by atoms with van der Waals surface area (Å²) >= 11 is 0. The van der Waals surface area contributed by atoms with Gasteiger partial charge in [-0.1, -0.05) is 12.1 Å². The molecule has 0 saturated carbocycles. The van der Waals surface area contributed by atoms with Crippen LogP contribution in [0, 0.1) is 5.82 Å². The molecule has 0 unspecified atom stereocenters. The number of aromatic nitrogens is 1. The molecule has 7 heteroatoms. The molecule has 1 heterocycles. The highest BCUT2D eigenvalue weighted by Crippen LogP contribution is 2.24. The molecule has 0 bridgehead atoms. The summed E-state index contributed by atoms with van der Waals surface area (Å²) in [6.07, 6.45) is 1.49. The van der Waals surface area contributed by atoms with Crippen LogP contribution in [0.25, 0.3) is 0 Å². The molecule has 0 atom stereocenters. The van der Waals surface area contributed by atoms with Gasteiger partial charge >= 0.3 is 0 Å². The molecular weight excluding hydrogens is 349 g/mol. The maximum atomic E-state index is 13.7. The van der Waals surface area contributed by atoms with Crippen molar-refractivity contribution in [2.75, 3.05) is 17.7 Å². The lowest BCUT2D eigenvalue weighted by Gasteiger charge is -2.13. The lowest BCUT2D eigenvalue weighted by atomic mass is 10.2. The van der Waals surface area contributed by atoms with Gasteiger partial charge in [-0.15, -0.1) is 0 Å². The molecule has 0 radical (unpaired) electrons. The highest BCUT2D eigenvalue weighted by atomic mass is 19.1. The van der Waals surface area contributed by atoms with E-state index in [0.717, 1.165) is 6.07 Å². The normalized spacial score (nSPS) is 10.1. The van der Waals surface area contributed by atoms with Gasteiger partial charge in [0.15, 0.2) is 0 Å². The van der Waals surface area contributed by atoms with Gasteiger partial charge < -0.3 is 15.4 Å². The van der Waals surface area contributed by atoms with E-state index in [1.165, 1.54) is 25.4 Å². The summed E-state index contributed by atoms with van der Waals surface area (Å²) in [7, 11) is 1.49. The number of ether oxygens (including phenoxy) is 1. The number of nitrogens with zero attached hydrogens (tertiary/aromatic N) is 1. The van der Waals surface area contributed by atoms with Crippen molar-refractivity contribution in [1.82, 2.24) is 4.98 Å². The zero-order valence-electron chi connectivity index (χ0n) is 14.4. The third-order valence-corrected chi connectivity index (χ3v) is 3.71. The molecule has 2 amide bonds. The number of amides is 2. The Morgan fingerprint density at radius 3 is 2.48 bits per heavy atom. The van der Waals surface area contributed by atoms with Crippen LogP contribution in [-0.4, -0.2) is 23.9 Å². The van der Waals surface area contributed by atoms with Crippen molar-refractivity contribution in [2.24, 2.45) is 0 Å². The Kier molecular flexibility index (Phi) is 5.41. The molecule has 6 nitrogen and oxygen atoms in total. The summed E-state index contributed by atoms with van der Waals surface area (Å²) in [5.74, 6) is -0.968. The number of hydrogen-bond donors (Lipinski definition) is 2. The van der Waals surface area contributed by atoms with E-state index in [9.17, 15) is 14.0 Å². The quantitative estimate of drug-likeness (QED) is 0.722. The van der Waals surface area contributed by atoms with Crippen molar-refractivity contribution in [1.29, 1.82) is 0 Å². The number of hydrogen-bond acceptors (Lipinski definition) is 4. The van der Waals surface area contributed by atoms with Gasteiger partial charge in [-0.05, 0) is 48.5 Å². The average Bonchev–Trinajstić information content (AvgIpc) is 2.70. The predicted octanol–water partition coefficient (Wildman–Crippen LogP) is 3.73. The van der Waals surface area contributed by atoms with Gasteiger partial charge in [-0.25, -0.2) is 4.39 Å². The molecule has 2 aromatic carbocycles. The van der Waals surface area contributed by atoms with Crippen LogP contribution in [0.1, 0.15) is 20.8 Å². The lowest BCUT2D eigenvalue weighted by Crippen LogP contribution is -2.17. The van der Waals surface area contributed by atoms with Gasteiger partial charge in [-0.3, -0.25) is 14.6 Å². The second-order valence-corrected chi connectivity index (χ2v) is 5.55. The summed E-state index contributed by atoms with van der Waals surface area (Å²) in [5.41, 5.74) is 0.919. The Morgan fingerprint density at radius 2 is 1.74 bits per heavy atom. The van der Waals surface area contributed by atoms with Crippen molar-refractivity contribution >= 4 is 23.2 Å². The monoisotopic (exact) mass is 365 g/mol. The summed E-state index contributed by atoms with van der Waals surface area (Å²) in [4.78, 5) is 28.7. The van der Waals surface area contributed by atoms with Crippen LogP contribution >= 0.6 is 0 Å². The van der Waals surface area contributed by atoms with Crippen LogP contribution in [0.4, 0.5) is 15.8 Å². The summed E-state index contributed by atoms with van der Waals surface area (Å²) in [6, 6.07) is 15.1. The second-order valence-electron chi connectivity index (χ2n) is 5.55. The van der Waals surface area contributed by atoms with Gasteiger partial charge in [0.25, 0.3) is 11.8 Å². The Balaban J connectivity index is 1.83. The van der Waals surface area contributed by atoms with Crippen molar-refractivity contribution in [3.8, 4) is 5.75 Å². The van der Waals surface area contributed by atoms with E-state index < -0.39 is 17.6 Å². The van der Waals surface area contributed by atoms with Gasteiger partial charge in [0.05, 0.1) is 18.5 Å². The fraction of sp³-hybridized carbons (Fsp3) is 0.0500. The molecule has 3 aromatic rings. The van der Waals surface area contributed by atoms with E-state index in [1.807, 2.05) is 0 Å². The predicted molar refractivity (Wildman–Crippen MR) is 99.5 cm³/mol. The van der Waals surface area contributed by atoms with E-state index in [1.54, 1.807) is 42.5 Å². The number of anilines is 2. The molecular formula is C20H16FN3O3. The zero-order chi connectivity index (χ0) is 19.2. The summed E-state index contributed by atoms with van der Waals surface area (Å²) in [6.45, 7) is 0. The SMILES string of the molecule is COc1cccc(C(=O)Nc2cc(F)ccc2NC(=O)c2ccccn2)c1. The van der Waals surface area contributed by atoms with Crippen molar-refractivity contribution < 1.29 is 18.7 Å². The first-order valence-electron chi connectivity index (χ1n) is 8.04. The van der Waals surface area contributed by atoms with Crippen LogP contribution in [0.15, 0.2) is 66.9 Å². The van der Waals surface area contributed by atoms with Crippen molar-refractivity contribution in [3.63, 3.8) is 0 Å². The smallest absolute Gasteiger partial charge is 0.274 e. The standard InChI is InChI=1S/C20H16FN3O3/c1-27-15-6-4-5-13(11-15)19(25)24-18-12-14(21)8-9-16(18)23-20(26)17-7-2-3-10-22-17/h2-12H,1H3,(H,23,26)(H,24,25). The Bertz CT molecular complexity index is 977. The molecule has 136 valence electrons. The molecule has 0 fully saturated rings. The fourth-order valence-corrected chi connectivity index (χ4v) is 2.37. The second kappa shape index (κ2) is 8.09. The van der Waals surface area contributed by atoms with E-state index in [-0.39, 0.29) is 17.1 Å². The molecule has 0 aliphatic rings. The Hall–Kier alpha value is -3.74. The first kappa shape index (κ1) is 18.1. The largest absolute Gasteiger partial charge is 0.497 e. The third kappa shape index (κ3) is 4.46. The molecule has 1 aromatic heterocycles. The number of methoxy groups -OCH3 is 1. The lowest BCUT2D eigenvalue weighted by molar-refractivity contribution is 0.101. The van der Waals surface area contributed by atoms with E-state index in [2.05, 4.69) is 15.6 Å². The van der Waals surface area contributed by atoms with Gasteiger partial charge in [0.2, 0.25) is 0 Å². The number of nitrogens with one attached hydrogen (secondary N) is 2. The summed E-state index contributed by atoms with van der Waals surface area (Å²) < 4.78 is 18.8. The maximum Gasteiger partial charge on any atom is 0.274 e. The summed E-state index contributed by atoms with van der Waals surface area (Å²) in [5, 5.41) is 5.23. The molecule has 0 saturated heterocycles. The number of carbonyl (C=O) groups is 2. The first-order chi connectivity index (χ1) is 13.1. The minimum absolute atomic E-state index is 0.132. The van der Waals surface area contributed by atoms with Gasteiger partial charge in [0.1, 0.15) is 17.3 Å². The van der Waals surface area contributed by atoms with Gasteiger partial charge in [0, 0.05) is 11.8 Å². The van der Waals surface area contributed by atoms with Crippen molar-refractivity contribution in [2.45, 2.75) is 0 Å². The Morgan fingerprint density at radius 1 is 0.926 bits per heavy atom. The van der Waals surface area contributed by atoms with Crippen molar-refractivity contribution in [3.05, 3.63) is 83.9 Å². The van der Waals surface area contributed by atoms with Crippen LogP contribution in [-0.2, 0) is 0 Å². The fourth-order valence-electron chi connectivity index (χ4n) is 2.37. The number of pyridine rings is 1. The maximum absolute atomic E-state index is 13.7. The molecule has 3 rings (SSSR count). The van der Waals surface area contributed by atoms with E-state index in [0.29, 0.717) is 11.3 Å². The molecule has 0 aliphatic carbocycles. The molecule has 0 aliphatic heterocycles. The van der Waals surface area contributed by atoms with Crippen LogP contribution in [0.2, 0.25) is 0 Å². The average molecular weight is 365 g/mol. The molecule has 2 N–H and O–H groups in total. The third-order valence-electron chi connectivity index (χ3n) is 3.71. The van der Waals surface area contributed by atoms with E-state index >= 15 is 0 Å². The minimum Gasteiger partial charge on any atom is -0.497 e. The topological polar surface area (TPSA) is 80.3 Å². The molecule has 27 heavy (non-hydrogen) atoms. The number of benzene rings is 2. The zero-order valence-corrected chi connectivity index (χ0v) is 14.4. The first-order valence-corrected chi connectivity index (χ1v) is 8.04. The number of halogens is 1. The number of rotatable bonds is 5. The van der Waals surface area contributed by atoms with Crippen LogP contribution < -0.4 is 15.4 Å². The Labute approximate surface area is 155 Å². The van der Waals surface area contributed by atoms with Crippen LogP contribution in [0.5, 0.6) is 5.75 Å². The minimum atomic E-state index is -0.549. The molecule has 0 spiro atoms. The highest BCUT2D eigenvalue weighted by molar-refractivity contribution is 6.09. The highest BCUT2D eigenvalue weighted by Gasteiger charge is 2.14. The van der Waals surface area contributed by atoms with Gasteiger partial charge in [-0.2, -0.15) is 0 Å². The van der Waals surface area contributed by atoms with E-state index in [4.69, 9.17) is 4.74 Å². The number of carbonyl (C=O) groups excluding carboxylic acids is 2. The van der Waals surface area contributed by atoms with Crippen LogP contribution in [0.3, 0.4) is 0 Å².